The highest BCUT2D eigenvalue weighted by atomic mass is 79.9. The summed E-state index contributed by atoms with van der Waals surface area (Å²) in [5.41, 5.74) is 2.59. The van der Waals surface area contributed by atoms with Gasteiger partial charge in [-0.1, -0.05) is 29.8 Å². The number of halogens is 1. The summed E-state index contributed by atoms with van der Waals surface area (Å²) in [5, 5.41) is 3.27. The molecule has 1 aliphatic heterocycles. The highest BCUT2D eigenvalue weighted by Crippen LogP contribution is 2.49. The minimum absolute atomic E-state index is 0.246. The smallest absolute Gasteiger partial charge is 0.336 e. The SMILES string of the molecule is CCSCCOC(=O)C1=C(C)NC2=C(C(=O)C(C(=O)OC)C(C)C2)C1c1cc(OC)c(OC)cc1Br. The highest BCUT2D eigenvalue weighted by Gasteiger charge is 2.47. The van der Waals surface area contributed by atoms with Crippen molar-refractivity contribution >= 4 is 45.4 Å². The number of hydrogen-bond donors (Lipinski definition) is 1. The van der Waals surface area contributed by atoms with Crippen LogP contribution >= 0.6 is 27.7 Å². The van der Waals surface area contributed by atoms with E-state index in [2.05, 4.69) is 21.2 Å². The summed E-state index contributed by atoms with van der Waals surface area (Å²) in [4.78, 5) is 39.9. The monoisotopic (exact) mass is 581 g/mol. The number of carbonyl (C=O) groups excluding carboxylic acids is 3. The normalized spacial score (nSPS) is 21.5. The van der Waals surface area contributed by atoms with Crippen molar-refractivity contribution in [2.45, 2.75) is 33.1 Å². The zero-order valence-corrected chi connectivity index (χ0v) is 23.8. The number of methoxy groups -OCH3 is 3. The number of benzene rings is 1. The van der Waals surface area contributed by atoms with Crippen LogP contribution in [0.1, 0.15) is 38.7 Å². The van der Waals surface area contributed by atoms with Gasteiger partial charge in [0.2, 0.25) is 0 Å². The molecule has 36 heavy (non-hydrogen) atoms. The maximum atomic E-state index is 13.9. The summed E-state index contributed by atoms with van der Waals surface area (Å²) >= 11 is 5.27. The lowest BCUT2D eigenvalue weighted by Gasteiger charge is -2.38. The average molecular weight is 583 g/mol. The van der Waals surface area contributed by atoms with E-state index in [4.69, 9.17) is 18.9 Å². The number of carbonyl (C=O) groups is 3. The van der Waals surface area contributed by atoms with E-state index in [-0.39, 0.29) is 18.3 Å². The van der Waals surface area contributed by atoms with Crippen molar-refractivity contribution in [3.63, 3.8) is 0 Å². The van der Waals surface area contributed by atoms with Gasteiger partial charge in [-0.3, -0.25) is 9.59 Å². The number of ether oxygens (including phenoxy) is 4. The molecule has 1 N–H and O–H groups in total. The van der Waals surface area contributed by atoms with Crippen LogP contribution < -0.4 is 14.8 Å². The number of rotatable bonds is 9. The van der Waals surface area contributed by atoms with Gasteiger partial charge in [0.1, 0.15) is 12.5 Å². The van der Waals surface area contributed by atoms with Crippen LogP contribution in [0.5, 0.6) is 11.5 Å². The van der Waals surface area contributed by atoms with E-state index < -0.39 is 23.8 Å². The van der Waals surface area contributed by atoms with Crippen LogP contribution in [0.2, 0.25) is 0 Å². The Morgan fingerprint density at radius 2 is 1.83 bits per heavy atom. The molecule has 0 bridgehead atoms. The Morgan fingerprint density at radius 1 is 1.17 bits per heavy atom. The van der Waals surface area contributed by atoms with Gasteiger partial charge in [-0.25, -0.2) is 4.79 Å². The largest absolute Gasteiger partial charge is 0.493 e. The first-order valence-corrected chi connectivity index (χ1v) is 13.6. The number of hydrogen-bond acceptors (Lipinski definition) is 9. The molecule has 1 heterocycles. The molecular formula is C26H32BrNO7S. The molecule has 3 atom stereocenters. The second kappa shape index (κ2) is 12.2. The first-order valence-electron chi connectivity index (χ1n) is 11.7. The summed E-state index contributed by atoms with van der Waals surface area (Å²) in [7, 11) is 4.32. The molecule has 0 aromatic heterocycles. The fraction of sp³-hybridized carbons (Fsp3) is 0.500. The second-order valence-corrected chi connectivity index (χ2v) is 10.8. The predicted octanol–water partition coefficient (Wildman–Crippen LogP) is 4.38. The fourth-order valence-corrected chi connectivity index (χ4v) is 5.81. The molecule has 0 fully saturated rings. The van der Waals surface area contributed by atoms with E-state index in [1.807, 2.05) is 13.8 Å². The van der Waals surface area contributed by atoms with Crippen LogP contribution in [0.3, 0.4) is 0 Å². The van der Waals surface area contributed by atoms with E-state index >= 15 is 0 Å². The number of allylic oxidation sites excluding steroid dienone is 3. The lowest BCUT2D eigenvalue weighted by atomic mass is 9.69. The minimum Gasteiger partial charge on any atom is -0.493 e. The third kappa shape index (κ3) is 5.44. The molecule has 8 nitrogen and oxygen atoms in total. The number of Topliss-reactive ketones (excluding diaryl/α,β-unsaturated/α-hetero) is 1. The molecule has 0 saturated heterocycles. The van der Waals surface area contributed by atoms with Crippen LogP contribution in [0, 0.1) is 11.8 Å². The maximum absolute atomic E-state index is 13.9. The van der Waals surface area contributed by atoms with E-state index in [0.29, 0.717) is 56.2 Å². The molecule has 1 aromatic carbocycles. The summed E-state index contributed by atoms with van der Waals surface area (Å²) in [6, 6.07) is 3.48. The Labute approximate surface area is 224 Å². The molecule has 196 valence electrons. The van der Waals surface area contributed by atoms with Crippen LogP contribution in [0.25, 0.3) is 0 Å². The molecule has 3 unspecified atom stereocenters. The van der Waals surface area contributed by atoms with E-state index in [9.17, 15) is 14.4 Å². The lowest BCUT2D eigenvalue weighted by Crippen LogP contribution is -2.43. The Balaban J connectivity index is 2.19. The molecule has 0 saturated carbocycles. The Kier molecular flexibility index (Phi) is 9.52. The molecule has 0 spiro atoms. The first-order chi connectivity index (χ1) is 17.2. The molecule has 10 heteroatoms. The number of nitrogens with one attached hydrogen (secondary N) is 1. The Morgan fingerprint density at radius 3 is 2.44 bits per heavy atom. The van der Waals surface area contributed by atoms with Crippen molar-refractivity contribution in [1.82, 2.24) is 5.32 Å². The van der Waals surface area contributed by atoms with Crippen molar-refractivity contribution in [3.8, 4) is 11.5 Å². The first kappa shape index (κ1) is 28.1. The van der Waals surface area contributed by atoms with Crippen LogP contribution in [-0.2, 0) is 23.9 Å². The van der Waals surface area contributed by atoms with Gasteiger partial charge in [0.25, 0.3) is 0 Å². The van der Waals surface area contributed by atoms with Crippen LogP contribution in [-0.4, -0.2) is 57.2 Å². The van der Waals surface area contributed by atoms with E-state index in [1.54, 1.807) is 30.8 Å². The lowest BCUT2D eigenvalue weighted by molar-refractivity contribution is -0.151. The van der Waals surface area contributed by atoms with Crippen molar-refractivity contribution in [1.29, 1.82) is 0 Å². The fourth-order valence-electron chi connectivity index (χ4n) is 4.77. The van der Waals surface area contributed by atoms with Gasteiger partial charge >= 0.3 is 11.9 Å². The van der Waals surface area contributed by atoms with Crippen molar-refractivity contribution in [2.24, 2.45) is 11.8 Å². The number of esters is 2. The van der Waals surface area contributed by atoms with Crippen LogP contribution in [0.4, 0.5) is 0 Å². The standard InChI is InChI=1S/C26H32BrNO7S/c1-7-36-9-8-35-26(31)21-14(3)28-17-10-13(2)20(25(30)34-6)24(29)23(17)22(21)15-11-18(32-4)19(33-5)12-16(15)27/h11-13,20,22,28H,7-10H2,1-6H3. The molecule has 0 radical (unpaired) electrons. The predicted molar refractivity (Wildman–Crippen MR) is 141 cm³/mol. The maximum Gasteiger partial charge on any atom is 0.336 e. The van der Waals surface area contributed by atoms with Crippen LogP contribution in [0.15, 0.2) is 39.1 Å². The molecule has 1 aliphatic carbocycles. The highest BCUT2D eigenvalue weighted by molar-refractivity contribution is 9.10. The zero-order valence-electron chi connectivity index (χ0n) is 21.4. The topological polar surface area (TPSA) is 100 Å². The van der Waals surface area contributed by atoms with E-state index in [0.717, 1.165) is 5.75 Å². The number of dihydropyridines is 1. The molecule has 1 aromatic rings. The Bertz CT molecular complexity index is 1110. The molecule has 0 amide bonds. The zero-order chi connectivity index (χ0) is 26.6. The summed E-state index contributed by atoms with van der Waals surface area (Å²) < 4.78 is 22.2. The third-order valence-corrected chi connectivity index (χ3v) is 7.99. The molecular weight excluding hydrogens is 550 g/mol. The van der Waals surface area contributed by atoms with Gasteiger partial charge < -0.3 is 24.3 Å². The summed E-state index contributed by atoms with van der Waals surface area (Å²) in [6.07, 6.45) is 0.453. The third-order valence-electron chi connectivity index (χ3n) is 6.44. The van der Waals surface area contributed by atoms with Crippen molar-refractivity contribution in [3.05, 3.63) is 44.7 Å². The summed E-state index contributed by atoms with van der Waals surface area (Å²) in [6.45, 7) is 5.93. The quantitative estimate of drug-likeness (QED) is 0.258. The van der Waals surface area contributed by atoms with Gasteiger partial charge in [-0.2, -0.15) is 11.8 Å². The van der Waals surface area contributed by atoms with Gasteiger partial charge in [0.05, 0.1) is 26.9 Å². The molecule has 3 rings (SSSR count). The average Bonchev–Trinajstić information content (AvgIpc) is 2.85. The Hall–Kier alpha value is -2.46. The summed E-state index contributed by atoms with van der Waals surface area (Å²) in [5.74, 6) is -0.959. The minimum atomic E-state index is -0.964. The van der Waals surface area contributed by atoms with Crippen molar-refractivity contribution in [2.75, 3.05) is 39.4 Å². The molecule has 2 aliphatic rings. The number of thioether (sulfide) groups is 1. The van der Waals surface area contributed by atoms with Gasteiger partial charge in [0.15, 0.2) is 17.3 Å². The van der Waals surface area contributed by atoms with Gasteiger partial charge in [-0.05, 0) is 42.7 Å². The van der Waals surface area contributed by atoms with Crippen molar-refractivity contribution < 1.29 is 33.3 Å². The number of ketones is 1. The van der Waals surface area contributed by atoms with Gasteiger partial charge in [-0.15, -0.1) is 0 Å². The van der Waals surface area contributed by atoms with E-state index in [1.165, 1.54) is 21.3 Å². The second-order valence-electron chi connectivity index (χ2n) is 8.60. The van der Waals surface area contributed by atoms with Gasteiger partial charge in [0, 0.05) is 33.1 Å².